The molecule has 3 aromatic rings. The Morgan fingerprint density at radius 2 is 1.81 bits per heavy atom. The lowest BCUT2D eigenvalue weighted by Crippen LogP contribution is -2.43. The number of urea groups is 1. The third-order valence-corrected chi connectivity index (χ3v) is 7.48. The molecule has 1 aromatic heterocycles. The van der Waals surface area contributed by atoms with Gasteiger partial charge in [0.15, 0.2) is 0 Å². The van der Waals surface area contributed by atoms with Crippen LogP contribution in [0.25, 0.3) is 5.69 Å². The summed E-state index contributed by atoms with van der Waals surface area (Å²) in [5.74, 6) is -0.212. The van der Waals surface area contributed by atoms with E-state index in [4.69, 9.17) is 5.10 Å². The number of hydrogen-bond acceptors (Lipinski definition) is 3. The van der Waals surface area contributed by atoms with Gasteiger partial charge in [0, 0.05) is 44.7 Å². The van der Waals surface area contributed by atoms with Crippen molar-refractivity contribution in [2.24, 2.45) is 0 Å². The molecule has 36 heavy (non-hydrogen) atoms. The Kier molecular flexibility index (Phi) is 7.37. The average molecular weight is 490 g/mol. The van der Waals surface area contributed by atoms with Gasteiger partial charge in [-0.3, -0.25) is 4.90 Å². The molecule has 0 atom stereocenters. The van der Waals surface area contributed by atoms with Gasteiger partial charge in [-0.2, -0.15) is 5.10 Å². The summed E-state index contributed by atoms with van der Waals surface area (Å²) < 4.78 is 15.4. The van der Waals surface area contributed by atoms with Gasteiger partial charge in [-0.15, -0.1) is 0 Å². The van der Waals surface area contributed by atoms with Gasteiger partial charge in [-0.25, -0.2) is 13.9 Å². The maximum atomic E-state index is 13.4. The Labute approximate surface area is 213 Å². The molecule has 1 aliphatic heterocycles. The number of benzene rings is 2. The summed E-state index contributed by atoms with van der Waals surface area (Å²) in [6.07, 6.45) is 6.64. The van der Waals surface area contributed by atoms with Crippen LogP contribution in [0.3, 0.4) is 0 Å². The summed E-state index contributed by atoms with van der Waals surface area (Å²) in [7, 11) is 1.86. The molecule has 1 aliphatic carbocycles. The Morgan fingerprint density at radius 1 is 1.08 bits per heavy atom. The second-order valence-electron chi connectivity index (χ2n) is 10.3. The Balaban J connectivity index is 1.37. The van der Waals surface area contributed by atoms with Gasteiger partial charge in [0.05, 0.1) is 23.6 Å². The second kappa shape index (κ2) is 10.8. The maximum Gasteiger partial charge on any atom is 0.317 e. The average Bonchev–Trinajstić information content (AvgIpc) is 3.24. The van der Waals surface area contributed by atoms with E-state index in [0.29, 0.717) is 6.54 Å². The minimum Gasteiger partial charge on any atom is -0.335 e. The summed E-state index contributed by atoms with van der Waals surface area (Å²) >= 11 is 0. The van der Waals surface area contributed by atoms with E-state index in [2.05, 4.69) is 46.1 Å². The molecule has 1 fully saturated rings. The molecule has 2 heterocycles. The quantitative estimate of drug-likeness (QED) is 0.508. The van der Waals surface area contributed by atoms with Crippen LogP contribution in [0.1, 0.15) is 60.2 Å². The van der Waals surface area contributed by atoms with Gasteiger partial charge < -0.3 is 10.2 Å². The van der Waals surface area contributed by atoms with E-state index in [0.717, 1.165) is 55.8 Å². The van der Waals surface area contributed by atoms with Crippen molar-refractivity contribution in [3.8, 4) is 5.69 Å². The van der Waals surface area contributed by atoms with Gasteiger partial charge in [-0.1, -0.05) is 49.1 Å². The number of aromatic nitrogens is 2. The van der Waals surface area contributed by atoms with Gasteiger partial charge in [0.2, 0.25) is 0 Å². The van der Waals surface area contributed by atoms with Crippen molar-refractivity contribution in [2.75, 3.05) is 13.6 Å². The van der Waals surface area contributed by atoms with Crippen LogP contribution in [-0.2, 0) is 26.1 Å². The lowest BCUT2D eigenvalue weighted by atomic mass is 9.96. The van der Waals surface area contributed by atoms with Crippen molar-refractivity contribution in [3.63, 3.8) is 0 Å². The van der Waals surface area contributed by atoms with E-state index in [1.54, 1.807) is 4.90 Å². The van der Waals surface area contributed by atoms with Crippen LogP contribution in [-0.4, -0.2) is 45.2 Å². The molecule has 0 spiro atoms. The van der Waals surface area contributed by atoms with Crippen LogP contribution >= 0.6 is 0 Å². The standard InChI is InChI=1S/C29H36FN5O/c1-21-8-14-25(15-9-21)35-28-16-17-34(18-22-10-12-23(30)13-11-22)19-26(28)27(32-35)20-33(2)29(36)31-24-6-4-3-5-7-24/h8-15,24H,3-7,16-20H2,1-2H3,(H,31,36). The Hall–Kier alpha value is -3.19. The van der Waals surface area contributed by atoms with Crippen molar-refractivity contribution in [3.05, 3.63) is 82.4 Å². The maximum absolute atomic E-state index is 13.4. The smallest absolute Gasteiger partial charge is 0.317 e. The fraction of sp³-hybridized carbons (Fsp3) is 0.448. The highest BCUT2D eigenvalue weighted by Crippen LogP contribution is 2.27. The van der Waals surface area contributed by atoms with Gasteiger partial charge in [0.25, 0.3) is 0 Å². The third kappa shape index (κ3) is 5.62. The highest BCUT2D eigenvalue weighted by Gasteiger charge is 2.27. The van der Waals surface area contributed by atoms with E-state index in [1.165, 1.54) is 48.2 Å². The van der Waals surface area contributed by atoms with Crippen LogP contribution in [0, 0.1) is 12.7 Å². The van der Waals surface area contributed by atoms with Gasteiger partial charge in [0.1, 0.15) is 5.82 Å². The number of aryl methyl sites for hydroxylation is 1. The first-order valence-corrected chi connectivity index (χ1v) is 13.1. The predicted molar refractivity (Wildman–Crippen MR) is 139 cm³/mol. The summed E-state index contributed by atoms with van der Waals surface area (Å²) in [4.78, 5) is 17.1. The molecule has 0 radical (unpaired) electrons. The normalized spacial score (nSPS) is 16.5. The Morgan fingerprint density at radius 3 is 2.53 bits per heavy atom. The number of fused-ring (bicyclic) bond motifs is 1. The number of carbonyl (C=O) groups is 1. The first kappa shape index (κ1) is 24.5. The zero-order valence-corrected chi connectivity index (χ0v) is 21.3. The van der Waals surface area contributed by atoms with E-state index >= 15 is 0 Å². The number of halogens is 1. The second-order valence-corrected chi connectivity index (χ2v) is 10.3. The summed E-state index contributed by atoms with van der Waals surface area (Å²) in [5.41, 5.74) is 6.70. The van der Waals surface area contributed by atoms with Gasteiger partial charge >= 0.3 is 6.03 Å². The lowest BCUT2D eigenvalue weighted by Gasteiger charge is -2.29. The fourth-order valence-electron chi connectivity index (χ4n) is 5.38. The first-order chi connectivity index (χ1) is 17.5. The molecule has 190 valence electrons. The monoisotopic (exact) mass is 489 g/mol. The Bertz CT molecular complexity index is 1180. The van der Waals surface area contributed by atoms with Crippen LogP contribution in [0.5, 0.6) is 0 Å². The molecule has 2 amide bonds. The summed E-state index contributed by atoms with van der Waals surface area (Å²) in [6, 6.07) is 15.4. The molecular weight excluding hydrogens is 453 g/mol. The lowest BCUT2D eigenvalue weighted by molar-refractivity contribution is 0.197. The molecule has 1 saturated carbocycles. The number of nitrogens with one attached hydrogen (secondary N) is 1. The third-order valence-electron chi connectivity index (χ3n) is 7.48. The van der Waals surface area contributed by atoms with Crippen molar-refractivity contribution >= 4 is 6.03 Å². The predicted octanol–water partition coefficient (Wildman–Crippen LogP) is 5.35. The zero-order chi connectivity index (χ0) is 25.1. The number of amides is 2. The minimum atomic E-state index is -0.212. The van der Waals surface area contributed by atoms with E-state index in [1.807, 2.05) is 19.2 Å². The largest absolute Gasteiger partial charge is 0.335 e. The number of carbonyl (C=O) groups excluding carboxylic acids is 1. The number of nitrogens with zero attached hydrogens (tertiary/aromatic N) is 4. The molecule has 1 N–H and O–H groups in total. The molecular formula is C29H36FN5O. The molecule has 0 bridgehead atoms. The van der Waals surface area contributed by atoms with Crippen LogP contribution < -0.4 is 5.32 Å². The minimum absolute atomic E-state index is 0.0282. The SMILES string of the molecule is Cc1ccc(-n2nc(CN(C)C(=O)NC3CCCCC3)c3c2CCN(Cc2ccc(F)cc2)C3)cc1. The van der Waals surface area contributed by atoms with Crippen LogP contribution in [0.15, 0.2) is 48.5 Å². The highest BCUT2D eigenvalue weighted by atomic mass is 19.1. The van der Waals surface area contributed by atoms with Crippen molar-refractivity contribution < 1.29 is 9.18 Å². The van der Waals surface area contributed by atoms with E-state index in [-0.39, 0.29) is 17.9 Å². The topological polar surface area (TPSA) is 53.4 Å². The molecule has 2 aromatic carbocycles. The molecule has 0 saturated heterocycles. The summed E-state index contributed by atoms with van der Waals surface area (Å²) in [6.45, 7) is 4.96. The molecule has 0 unspecified atom stereocenters. The van der Waals surface area contributed by atoms with E-state index in [9.17, 15) is 9.18 Å². The van der Waals surface area contributed by atoms with Gasteiger partial charge in [-0.05, 0) is 49.6 Å². The van der Waals surface area contributed by atoms with Crippen molar-refractivity contribution in [1.29, 1.82) is 0 Å². The van der Waals surface area contributed by atoms with Crippen LogP contribution in [0.4, 0.5) is 9.18 Å². The first-order valence-electron chi connectivity index (χ1n) is 13.1. The highest BCUT2D eigenvalue weighted by molar-refractivity contribution is 5.74. The number of hydrogen-bond donors (Lipinski definition) is 1. The van der Waals surface area contributed by atoms with Crippen LogP contribution in [0.2, 0.25) is 0 Å². The number of rotatable bonds is 6. The molecule has 2 aliphatic rings. The molecule has 6 nitrogen and oxygen atoms in total. The van der Waals surface area contributed by atoms with Crippen molar-refractivity contribution in [1.82, 2.24) is 24.9 Å². The molecule has 5 rings (SSSR count). The van der Waals surface area contributed by atoms with Crippen molar-refractivity contribution in [2.45, 2.75) is 71.1 Å². The van der Waals surface area contributed by atoms with E-state index < -0.39 is 0 Å². The zero-order valence-electron chi connectivity index (χ0n) is 21.3. The summed E-state index contributed by atoms with van der Waals surface area (Å²) in [5, 5.41) is 8.25. The fourth-order valence-corrected chi connectivity index (χ4v) is 5.38. The molecule has 7 heteroatoms.